The van der Waals surface area contributed by atoms with Gasteiger partial charge in [-0.3, -0.25) is 0 Å². The highest BCUT2D eigenvalue weighted by Gasteiger charge is 2.20. The molecule has 1 aliphatic carbocycles. The van der Waals surface area contributed by atoms with E-state index in [2.05, 4.69) is 27.9 Å². The number of benzene rings is 1. The summed E-state index contributed by atoms with van der Waals surface area (Å²) < 4.78 is 5.69. The van der Waals surface area contributed by atoms with E-state index in [9.17, 15) is 0 Å². The van der Waals surface area contributed by atoms with E-state index in [4.69, 9.17) is 4.74 Å². The zero-order valence-corrected chi connectivity index (χ0v) is 12.0. The number of hydrogen-bond donors (Lipinski definition) is 2. The molecule has 20 heavy (non-hydrogen) atoms. The van der Waals surface area contributed by atoms with E-state index in [1.807, 2.05) is 30.3 Å². The van der Waals surface area contributed by atoms with E-state index in [1.165, 1.54) is 6.42 Å². The summed E-state index contributed by atoms with van der Waals surface area (Å²) in [5.74, 6) is 0.769. The minimum Gasteiger partial charge on any atom is -0.460 e. The van der Waals surface area contributed by atoms with Crippen LogP contribution in [0.15, 0.2) is 41.4 Å². The van der Waals surface area contributed by atoms with Gasteiger partial charge in [-0.2, -0.15) is 4.98 Å². The topological polar surface area (TPSA) is 47.0 Å². The highest BCUT2D eigenvalue weighted by Crippen LogP contribution is 2.23. The Hall–Kier alpha value is -1.75. The first-order valence-corrected chi connectivity index (χ1v) is 7.26. The number of ether oxygens (including phenoxy) is 1. The fourth-order valence-corrected chi connectivity index (χ4v) is 2.22. The van der Waals surface area contributed by atoms with Crippen molar-refractivity contribution in [2.45, 2.75) is 36.8 Å². The standard InChI is InChI=1S/C15H17N3OS/c20-13-7-2-1-4-11(13)10-17-14-8-9-16-15(18-14)19-12-5-3-6-12/h1-2,4,7-9,12,20H,3,5-6,10H2,(H,16,17,18). The van der Waals surface area contributed by atoms with Crippen LogP contribution < -0.4 is 10.1 Å². The first kappa shape index (κ1) is 13.2. The molecule has 1 aromatic carbocycles. The van der Waals surface area contributed by atoms with E-state index in [-0.39, 0.29) is 0 Å². The minimum atomic E-state index is 0.295. The first-order valence-electron chi connectivity index (χ1n) is 6.82. The summed E-state index contributed by atoms with van der Waals surface area (Å²) >= 11 is 4.43. The lowest BCUT2D eigenvalue weighted by molar-refractivity contribution is 0.108. The van der Waals surface area contributed by atoms with Crippen LogP contribution in [0.25, 0.3) is 0 Å². The molecule has 1 saturated carbocycles. The Balaban J connectivity index is 1.62. The van der Waals surface area contributed by atoms with Crippen molar-refractivity contribution in [3.63, 3.8) is 0 Å². The molecule has 1 aromatic heterocycles. The summed E-state index contributed by atoms with van der Waals surface area (Å²) in [4.78, 5) is 9.49. The summed E-state index contributed by atoms with van der Waals surface area (Å²) in [6.07, 6.45) is 5.46. The van der Waals surface area contributed by atoms with Gasteiger partial charge in [0.25, 0.3) is 0 Å². The second-order valence-corrected chi connectivity index (χ2v) is 5.36. The molecule has 0 spiro atoms. The monoisotopic (exact) mass is 287 g/mol. The number of nitrogens with one attached hydrogen (secondary N) is 1. The predicted molar refractivity (Wildman–Crippen MR) is 81.3 cm³/mol. The fraction of sp³-hybridized carbons (Fsp3) is 0.333. The van der Waals surface area contributed by atoms with Crippen molar-refractivity contribution in [2.24, 2.45) is 0 Å². The van der Waals surface area contributed by atoms with Crippen LogP contribution in [-0.4, -0.2) is 16.1 Å². The quantitative estimate of drug-likeness (QED) is 0.828. The smallest absolute Gasteiger partial charge is 0.318 e. The number of anilines is 1. The maximum atomic E-state index is 5.69. The highest BCUT2D eigenvalue weighted by atomic mass is 32.1. The van der Waals surface area contributed by atoms with Crippen LogP contribution in [-0.2, 0) is 6.54 Å². The summed E-state index contributed by atoms with van der Waals surface area (Å²) in [6.45, 7) is 0.680. The van der Waals surface area contributed by atoms with Gasteiger partial charge in [0.05, 0.1) is 0 Å². The van der Waals surface area contributed by atoms with Crippen LogP contribution in [0.2, 0.25) is 0 Å². The first-order chi connectivity index (χ1) is 9.81. The number of aromatic nitrogens is 2. The van der Waals surface area contributed by atoms with E-state index in [1.54, 1.807) is 6.20 Å². The Kier molecular flexibility index (Phi) is 4.06. The maximum Gasteiger partial charge on any atom is 0.318 e. The van der Waals surface area contributed by atoms with Gasteiger partial charge >= 0.3 is 6.01 Å². The number of hydrogen-bond acceptors (Lipinski definition) is 5. The van der Waals surface area contributed by atoms with Gasteiger partial charge in [-0.15, -0.1) is 12.6 Å². The van der Waals surface area contributed by atoms with Gasteiger partial charge in [-0.1, -0.05) is 18.2 Å². The van der Waals surface area contributed by atoms with Crippen LogP contribution >= 0.6 is 12.6 Å². The molecule has 3 rings (SSSR count). The lowest BCUT2D eigenvalue weighted by Crippen LogP contribution is -2.25. The summed E-state index contributed by atoms with van der Waals surface area (Å²) in [6, 6.07) is 10.3. The fourth-order valence-electron chi connectivity index (χ4n) is 1.98. The predicted octanol–water partition coefficient (Wildman–Crippen LogP) is 3.31. The molecule has 0 atom stereocenters. The molecule has 5 heteroatoms. The van der Waals surface area contributed by atoms with Gasteiger partial charge in [-0.25, -0.2) is 4.98 Å². The van der Waals surface area contributed by atoms with E-state index in [0.717, 1.165) is 29.1 Å². The van der Waals surface area contributed by atoms with Crippen LogP contribution in [0.3, 0.4) is 0 Å². The maximum absolute atomic E-state index is 5.69. The third-order valence-electron chi connectivity index (χ3n) is 3.41. The molecule has 4 nitrogen and oxygen atoms in total. The number of rotatable bonds is 5. The molecular formula is C15H17N3OS. The highest BCUT2D eigenvalue weighted by molar-refractivity contribution is 7.80. The van der Waals surface area contributed by atoms with Crippen molar-refractivity contribution in [1.29, 1.82) is 0 Å². The Morgan fingerprint density at radius 1 is 1.25 bits per heavy atom. The summed E-state index contributed by atoms with van der Waals surface area (Å²) in [5.41, 5.74) is 1.14. The normalized spacial score (nSPS) is 14.7. The van der Waals surface area contributed by atoms with Crippen LogP contribution in [0.1, 0.15) is 24.8 Å². The third kappa shape index (κ3) is 3.22. The Morgan fingerprint density at radius 3 is 2.85 bits per heavy atom. The molecule has 1 heterocycles. The molecule has 0 bridgehead atoms. The average Bonchev–Trinajstić information content (AvgIpc) is 2.43. The second kappa shape index (κ2) is 6.13. The number of thiol groups is 1. The molecule has 0 unspecified atom stereocenters. The molecule has 104 valence electrons. The van der Waals surface area contributed by atoms with Crippen molar-refractivity contribution in [3.8, 4) is 6.01 Å². The molecule has 0 saturated heterocycles. The van der Waals surface area contributed by atoms with E-state index >= 15 is 0 Å². The van der Waals surface area contributed by atoms with Crippen molar-refractivity contribution in [1.82, 2.24) is 9.97 Å². The summed E-state index contributed by atoms with van der Waals surface area (Å²) in [5, 5.41) is 3.27. The summed E-state index contributed by atoms with van der Waals surface area (Å²) in [7, 11) is 0. The average molecular weight is 287 g/mol. The van der Waals surface area contributed by atoms with Crippen molar-refractivity contribution in [3.05, 3.63) is 42.1 Å². The van der Waals surface area contributed by atoms with Crippen LogP contribution in [0, 0.1) is 0 Å². The zero-order chi connectivity index (χ0) is 13.8. The van der Waals surface area contributed by atoms with Gasteiger partial charge in [0.2, 0.25) is 0 Å². The molecular weight excluding hydrogens is 270 g/mol. The lowest BCUT2D eigenvalue weighted by atomic mass is 9.96. The Bertz CT molecular complexity index is 587. The van der Waals surface area contributed by atoms with E-state index < -0.39 is 0 Å². The van der Waals surface area contributed by atoms with Gasteiger partial charge in [0, 0.05) is 17.6 Å². The molecule has 1 N–H and O–H groups in total. The molecule has 0 amide bonds. The van der Waals surface area contributed by atoms with E-state index in [0.29, 0.717) is 18.7 Å². The molecule has 1 aliphatic rings. The molecule has 1 fully saturated rings. The molecule has 0 aliphatic heterocycles. The Labute approximate surface area is 124 Å². The Morgan fingerprint density at radius 2 is 2.10 bits per heavy atom. The molecule has 0 radical (unpaired) electrons. The second-order valence-electron chi connectivity index (χ2n) is 4.88. The SMILES string of the molecule is Sc1ccccc1CNc1ccnc(OC2CCC2)n1. The van der Waals surface area contributed by atoms with Crippen molar-refractivity contribution < 1.29 is 4.74 Å². The van der Waals surface area contributed by atoms with Crippen molar-refractivity contribution in [2.75, 3.05) is 5.32 Å². The van der Waals surface area contributed by atoms with Crippen molar-refractivity contribution >= 4 is 18.4 Å². The van der Waals surface area contributed by atoms with Gasteiger partial charge in [-0.05, 0) is 37.0 Å². The number of nitrogens with zero attached hydrogens (tertiary/aromatic N) is 2. The largest absolute Gasteiger partial charge is 0.460 e. The third-order valence-corrected chi connectivity index (χ3v) is 3.85. The zero-order valence-electron chi connectivity index (χ0n) is 11.1. The lowest BCUT2D eigenvalue weighted by Gasteiger charge is -2.25. The van der Waals surface area contributed by atoms with Gasteiger partial charge < -0.3 is 10.1 Å². The molecule has 2 aromatic rings. The van der Waals surface area contributed by atoms with Gasteiger partial charge in [0.15, 0.2) is 0 Å². The van der Waals surface area contributed by atoms with Gasteiger partial charge in [0.1, 0.15) is 11.9 Å². The van der Waals surface area contributed by atoms with Crippen LogP contribution in [0.4, 0.5) is 5.82 Å². The van der Waals surface area contributed by atoms with Crippen LogP contribution in [0.5, 0.6) is 6.01 Å². The minimum absolute atomic E-state index is 0.295.